The van der Waals surface area contributed by atoms with Gasteiger partial charge in [-0.15, -0.1) is 0 Å². The van der Waals surface area contributed by atoms with Crippen LogP contribution >= 0.6 is 0 Å². The Morgan fingerprint density at radius 3 is 2.43 bits per heavy atom. The van der Waals surface area contributed by atoms with Crippen LogP contribution in [0.5, 0.6) is 0 Å². The van der Waals surface area contributed by atoms with E-state index < -0.39 is 17.8 Å². The highest BCUT2D eigenvalue weighted by atomic mass is 16.3. The third-order valence-electron chi connectivity index (χ3n) is 6.38. The van der Waals surface area contributed by atoms with Crippen LogP contribution in [-0.2, 0) is 0 Å². The number of rotatable bonds is 4. The van der Waals surface area contributed by atoms with Crippen molar-refractivity contribution in [3.8, 4) is 0 Å². The van der Waals surface area contributed by atoms with Crippen LogP contribution in [0.25, 0.3) is 0 Å². The molecule has 3 heteroatoms. The van der Waals surface area contributed by atoms with Crippen LogP contribution in [0.4, 0.5) is 0 Å². The molecule has 23 heavy (non-hydrogen) atoms. The Bertz CT molecular complexity index is 462. The molecule has 2 saturated carbocycles. The van der Waals surface area contributed by atoms with Crippen molar-refractivity contribution in [3.63, 3.8) is 0 Å². The maximum absolute atomic E-state index is 10.1. The Morgan fingerprint density at radius 1 is 1.22 bits per heavy atom. The van der Waals surface area contributed by atoms with Gasteiger partial charge in [0.15, 0.2) is 0 Å². The second kappa shape index (κ2) is 6.70. The van der Waals surface area contributed by atoms with E-state index in [-0.39, 0.29) is 5.41 Å². The highest BCUT2D eigenvalue weighted by molar-refractivity contribution is 5.17. The monoisotopic (exact) mass is 322 g/mol. The zero-order valence-corrected chi connectivity index (χ0v) is 15.0. The van der Waals surface area contributed by atoms with Gasteiger partial charge in [-0.2, -0.15) is 0 Å². The topological polar surface area (TPSA) is 60.7 Å². The fourth-order valence-electron chi connectivity index (χ4n) is 4.43. The van der Waals surface area contributed by atoms with Gasteiger partial charge in [-0.1, -0.05) is 25.7 Å². The van der Waals surface area contributed by atoms with Crippen molar-refractivity contribution in [2.24, 2.45) is 17.3 Å². The molecule has 132 valence electrons. The Hall–Kier alpha value is -0.640. The summed E-state index contributed by atoms with van der Waals surface area (Å²) in [4.78, 5) is 0. The summed E-state index contributed by atoms with van der Waals surface area (Å²) in [5, 5.41) is 30.2. The normalized spacial score (nSPS) is 37.2. The van der Waals surface area contributed by atoms with Crippen LogP contribution < -0.4 is 0 Å². The minimum absolute atomic E-state index is 0.190. The van der Waals surface area contributed by atoms with Gasteiger partial charge in [0.25, 0.3) is 0 Å². The van der Waals surface area contributed by atoms with Crippen molar-refractivity contribution in [2.45, 2.75) is 83.5 Å². The molecule has 2 aliphatic rings. The summed E-state index contributed by atoms with van der Waals surface area (Å²) in [6.07, 6.45) is 5.10. The van der Waals surface area contributed by atoms with Gasteiger partial charge in [0.1, 0.15) is 0 Å². The first kappa shape index (κ1) is 18.7. The average molecular weight is 322 g/mol. The number of aliphatic hydroxyl groups is 3. The van der Waals surface area contributed by atoms with Crippen LogP contribution in [0.3, 0.4) is 0 Å². The molecule has 0 spiro atoms. The maximum atomic E-state index is 10.1. The Morgan fingerprint density at radius 2 is 1.83 bits per heavy atom. The summed E-state index contributed by atoms with van der Waals surface area (Å²) in [6, 6.07) is 0. The predicted octanol–water partition coefficient (Wildman–Crippen LogP) is 3.59. The summed E-state index contributed by atoms with van der Waals surface area (Å²) < 4.78 is 0. The third kappa shape index (κ3) is 4.07. The molecule has 0 radical (unpaired) electrons. The molecule has 0 aromatic carbocycles. The minimum Gasteiger partial charge on any atom is -0.390 e. The number of fused-ring (bicyclic) bond motifs is 1. The Labute approximate surface area is 141 Å². The molecule has 2 fully saturated rings. The number of hydrogen-bond donors (Lipinski definition) is 3. The minimum atomic E-state index is -1.04. The molecule has 0 amide bonds. The van der Waals surface area contributed by atoms with E-state index in [1.165, 1.54) is 5.57 Å². The van der Waals surface area contributed by atoms with Gasteiger partial charge in [-0.3, -0.25) is 0 Å². The molecule has 3 nitrogen and oxygen atoms in total. The molecule has 3 N–H and O–H groups in total. The lowest BCUT2D eigenvalue weighted by atomic mass is 9.49. The van der Waals surface area contributed by atoms with E-state index in [0.717, 1.165) is 44.1 Å². The number of hydrogen-bond acceptors (Lipinski definition) is 3. The summed E-state index contributed by atoms with van der Waals surface area (Å²) in [5.74, 6) is 1.09. The van der Waals surface area contributed by atoms with Crippen LogP contribution in [0.1, 0.15) is 65.7 Å². The predicted molar refractivity (Wildman–Crippen MR) is 94.0 cm³/mol. The Kier molecular flexibility index (Phi) is 5.44. The standard InChI is InChI=1S/C20H34O3/c1-13-7-9-17(21)14(2)6-8-16-15(13)12-20(16,5)11-10-18(22)19(3,4)23/h15-18,21-23H,1-2,6-12H2,3-5H3/t15-,16-,17-,18?,20-/m1/s1. The Balaban J connectivity index is 2.02. The van der Waals surface area contributed by atoms with Crippen LogP contribution in [0.15, 0.2) is 24.3 Å². The highest BCUT2D eigenvalue weighted by Crippen LogP contribution is 2.59. The summed E-state index contributed by atoms with van der Waals surface area (Å²) in [6.45, 7) is 13.9. The molecular formula is C20H34O3. The van der Waals surface area contributed by atoms with Gasteiger partial charge in [0.05, 0.1) is 17.8 Å². The molecular weight excluding hydrogens is 288 g/mol. The molecule has 1 unspecified atom stereocenters. The second-order valence-electron chi connectivity index (χ2n) is 8.69. The first-order valence-electron chi connectivity index (χ1n) is 8.98. The summed E-state index contributed by atoms with van der Waals surface area (Å²) in [7, 11) is 0. The lowest BCUT2D eigenvalue weighted by Crippen LogP contribution is -2.48. The van der Waals surface area contributed by atoms with Crippen molar-refractivity contribution in [1.29, 1.82) is 0 Å². The van der Waals surface area contributed by atoms with E-state index >= 15 is 0 Å². The SMILES string of the molecule is C=C1CC[C@@H]2[C@H](C[C@@]2(C)CCC(O)C(C)(C)O)C(=C)CC[C@H]1O. The van der Waals surface area contributed by atoms with E-state index in [4.69, 9.17) is 0 Å². The van der Waals surface area contributed by atoms with E-state index in [0.29, 0.717) is 18.3 Å². The van der Waals surface area contributed by atoms with Crippen molar-refractivity contribution >= 4 is 0 Å². The molecule has 2 aliphatic carbocycles. The average Bonchev–Trinajstić information content (AvgIpc) is 2.49. The van der Waals surface area contributed by atoms with Crippen molar-refractivity contribution in [3.05, 3.63) is 24.3 Å². The summed E-state index contributed by atoms with van der Waals surface area (Å²) in [5.41, 5.74) is 1.36. The molecule has 0 bridgehead atoms. The van der Waals surface area contributed by atoms with Gasteiger partial charge in [0, 0.05) is 0 Å². The van der Waals surface area contributed by atoms with Gasteiger partial charge in [-0.25, -0.2) is 0 Å². The van der Waals surface area contributed by atoms with Crippen molar-refractivity contribution in [1.82, 2.24) is 0 Å². The lowest BCUT2D eigenvalue weighted by molar-refractivity contribution is -0.0759. The lowest BCUT2D eigenvalue weighted by Gasteiger charge is -2.55. The fraction of sp³-hybridized carbons (Fsp3) is 0.800. The van der Waals surface area contributed by atoms with Crippen LogP contribution in [-0.4, -0.2) is 33.1 Å². The molecule has 2 rings (SSSR count). The fourth-order valence-corrected chi connectivity index (χ4v) is 4.43. The third-order valence-corrected chi connectivity index (χ3v) is 6.38. The molecule has 0 heterocycles. The number of aliphatic hydroxyl groups excluding tert-OH is 2. The van der Waals surface area contributed by atoms with Crippen molar-refractivity contribution in [2.75, 3.05) is 0 Å². The van der Waals surface area contributed by atoms with Crippen LogP contribution in [0, 0.1) is 17.3 Å². The smallest absolute Gasteiger partial charge is 0.0849 e. The van der Waals surface area contributed by atoms with Crippen molar-refractivity contribution < 1.29 is 15.3 Å². The first-order valence-corrected chi connectivity index (χ1v) is 8.98. The van der Waals surface area contributed by atoms with Gasteiger partial charge < -0.3 is 15.3 Å². The van der Waals surface area contributed by atoms with Crippen LogP contribution in [0.2, 0.25) is 0 Å². The first-order chi connectivity index (χ1) is 10.5. The van der Waals surface area contributed by atoms with Gasteiger partial charge >= 0.3 is 0 Å². The maximum Gasteiger partial charge on any atom is 0.0849 e. The molecule has 0 aliphatic heterocycles. The van der Waals surface area contributed by atoms with E-state index in [1.807, 2.05) is 0 Å². The largest absolute Gasteiger partial charge is 0.390 e. The zero-order chi connectivity index (χ0) is 17.4. The molecule has 0 saturated heterocycles. The second-order valence-corrected chi connectivity index (χ2v) is 8.69. The van der Waals surface area contributed by atoms with Gasteiger partial charge in [-0.05, 0) is 81.6 Å². The highest BCUT2D eigenvalue weighted by Gasteiger charge is 2.50. The number of allylic oxidation sites excluding steroid dienone is 1. The molecule has 0 aromatic heterocycles. The van der Waals surface area contributed by atoms with E-state index in [9.17, 15) is 15.3 Å². The zero-order valence-electron chi connectivity index (χ0n) is 15.0. The molecule has 0 aromatic rings. The van der Waals surface area contributed by atoms with E-state index in [1.54, 1.807) is 13.8 Å². The molecule has 5 atom stereocenters. The van der Waals surface area contributed by atoms with Gasteiger partial charge in [0.2, 0.25) is 0 Å². The van der Waals surface area contributed by atoms with E-state index in [2.05, 4.69) is 20.1 Å². The summed E-state index contributed by atoms with van der Waals surface area (Å²) >= 11 is 0. The quantitative estimate of drug-likeness (QED) is 0.693.